The number of nitrogens with zero attached hydrogens (tertiary/aromatic N) is 1. The molecule has 0 radical (unpaired) electrons. The minimum atomic E-state index is -0.258. The van der Waals surface area contributed by atoms with Crippen LogP contribution in [0.2, 0.25) is 0 Å². The van der Waals surface area contributed by atoms with Crippen LogP contribution in [-0.4, -0.2) is 18.2 Å². The first-order valence-electron chi connectivity index (χ1n) is 7.75. The van der Waals surface area contributed by atoms with E-state index in [1.807, 2.05) is 54.6 Å². The van der Waals surface area contributed by atoms with Gasteiger partial charge in [0.25, 0.3) is 5.91 Å². The van der Waals surface area contributed by atoms with Crippen LogP contribution in [-0.2, 0) is 4.79 Å². The molecule has 23 heavy (non-hydrogen) atoms. The Morgan fingerprint density at radius 2 is 1.74 bits per heavy atom. The fourth-order valence-corrected chi connectivity index (χ4v) is 2.75. The number of nitrogens with two attached hydrogens (primary N) is 1. The largest absolute Gasteiger partial charge is 0.323 e. The normalized spacial score (nSPS) is 17.0. The molecule has 2 aromatic carbocycles. The highest BCUT2D eigenvalue weighted by atomic mass is 16.2. The topological polar surface area (TPSA) is 67.5 Å². The minimum Gasteiger partial charge on any atom is -0.323 e. The number of hydrogen-bond acceptors (Lipinski definition) is 3. The Kier molecular flexibility index (Phi) is 4.01. The molecular weight excluding hydrogens is 286 g/mol. The molecule has 4 nitrogen and oxygen atoms in total. The molecule has 3 N–H and O–H groups in total. The number of nitrogens with one attached hydrogen (secondary N) is 1. The molecule has 1 unspecified atom stereocenters. The molecular formula is C19H21N3O. The van der Waals surface area contributed by atoms with Crippen LogP contribution < -0.4 is 11.1 Å². The molecule has 118 valence electrons. The Morgan fingerprint density at radius 3 is 2.48 bits per heavy atom. The molecule has 0 spiro atoms. The molecule has 4 heteroatoms. The predicted molar refractivity (Wildman–Crippen MR) is 93.6 cm³/mol. The number of amides is 1. The van der Waals surface area contributed by atoms with E-state index in [2.05, 4.69) is 24.2 Å². The molecule has 1 aliphatic heterocycles. The van der Waals surface area contributed by atoms with Crippen molar-refractivity contribution < 1.29 is 4.79 Å². The third-order valence-corrected chi connectivity index (χ3v) is 4.29. The Balaban J connectivity index is 1.83. The number of rotatable bonds is 4. The van der Waals surface area contributed by atoms with Crippen molar-refractivity contribution in [3.05, 3.63) is 65.7 Å². The molecule has 0 saturated heterocycles. The molecule has 0 bridgehead atoms. The number of hydrogen-bond donors (Lipinski definition) is 2. The lowest BCUT2D eigenvalue weighted by atomic mass is 9.81. The number of anilines is 1. The van der Waals surface area contributed by atoms with Gasteiger partial charge in [0.05, 0.1) is 5.69 Å². The van der Waals surface area contributed by atoms with Crippen molar-refractivity contribution in [2.24, 2.45) is 16.1 Å². The summed E-state index contributed by atoms with van der Waals surface area (Å²) in [6.07, 6.45) is 0. The maximum atomic E-state index is 12.1. The highest BCUT2D eigenvalue weighted by molar-refractivity contribution is 6.53. The average molecular weight is 307 g/mol. The average Bonchev–Trinajstić information content (AvgIpc) is 2.88. The van der Waals surface area contributed by atoms with E-state index in [0.717, 1.165) is 16.8 Å². The van der Waals surface area contributed by atoms with Gasteiger partial charge in [-0.15, -0.1) is 0 Å². The number of benzene rings is 2. The molecule has 0 aromatic heterocycles. The van der Waals surface area contributed by atoms with Gasteiger partial charge in [0.1, 0.15) is 5.71 Å². The van der Waals surface area contributed by atoms with E-state index in [9.17, 15) is 4.79 Å². The lowest BCUT2D eigenvalue weighted by Gasteiger charge is -2.30. The molecule has 1 atom stereocenters. The molecule has 1 amide bonds. The number of fused-ring (bicyclic) bond motifs is 1. The van der Waals surface area contributed by atoms with Gasteiger partial charge in [-0.2, -0.15) is 0 Å². The van der Waals surface area contributed by atoms with E-state index < -0.39 is 0 Å². The summed E-state index contributed by atoms with van der Waals surface area (Å²) < 4.78 is 0. The van der Waals surface area contributed by atoms with Crippen molar-refractivity contribution >= 4 is 17.3 Å². The van der Waals surface area contributed by atoms with Crippen molar-refractivity contribution in [1.29, 1.82) is 0 Å². The van der Waals surface area contributed by atoms with Crippen molar-refractivity contribution in [2.45, 2.75) is 19.9 Å². The maximum Gasteiger partial charge on any atom is 0.274 e. The summed E-state index contributed by atoms with van der Waals surface area (Å²) in [6.45, 7) is 4.64. The third-order valence-electron chi connectivity index (χ3n) is 4.29. The van der Waals surface area contributed by atoms with E-state index >= 15 is 0 Å². The quantitative estimate of drug-likeness (QED) is 0.911. The van der Waals surface area contributed by atoms with Crippen LogP contribution in [0.1, 0.15) is 31.0 Å². The van der Waals surface area contributed by atoms with Gasteiger partial charge in [0.15, 0.2) is 0 Å². The molecule has 3 rings (SSSR count). The van der Waals surface area contributed by atoms with E-state index in [4.69, 9.17) is 5.73 Å². The molecule has 1 heterocycles. The first-order chi connectivity index (χ1) is 11.0. The van der Waals surface area contributed by atoms with Gasteiger partial charge in [-0.1, -0.05) is 62.4 Å². The SMILES string of the molecule is CC(C)(CN=C1C(=O)Nc2ccccc21)C(N)c1ccccc1. The monoisotopic (exact) mass is 307 g/mol. The highest BCUT2D eigenvalue weighted by Crippen LogP contribution is 2.32. The minimum absolute atomic E-state index is 0.143. The van der Waals surface area contributed by atoms with Gasteiger partial charge in [-0.3, -0.25) is 9.79 Å². The Labute approximate surface area is 136 Å². The van der Waals surface area contributed by atoms with Crippen molar-refractivity contribution in [2.75, 3.05) is 11.9 Å². The number of carbonyl (C=O) groups is 1. The second kappa shape index (κ2) is 5.97. The summed E-state index contributed by atoms with van der Waals surface area (Å²) >= 11 is 0. The summed E-state index contributed by atoms with van der Waals surface area (Å²) in [7, 11) is 0. The van der Waals surface area contributed by atoms with E-state index in [-0.39, 0.29) is 17.4 Å². The molecule has 2 aromatic rings. The van der Waals surface area contributed by atoms with Gasteiger partial charge in [-0.05, 0) is 11.6 Å². The molecule has 1 aliphatic rings. The summed E-state index contributed by atoms with van der Waals surface area (Å²) in [5.41, 5.74) is 9.41. The predicted octanol–water partition coefficient (Wildman–Crippen LogP) is 3.15. The van der Waals surface area contributed by atoms with Crippen LogP contribution in [0.15, 0.2) is 59.6 Å². The van der Waals surface area contributed by atoms with Crippen molar-refractivity contribution in [3.8, 4) is 0 Å². The zero-order valence-corrected chi connectivity index (χ0v) is 13.4. The fraction of sp³-hybridized carbons (Fsp3) is 0.263. The Morgan fingerprint density at radius 1 is 1.09 bits per heavy atom. The Bertz CT molecular complexity index is 750. The number of para-hydroxylation sites is 1. The van der Waals surface area contributed by atoms with Gasteiger partial charge < -0.3 is 11.1 Å². The smallest absolute Gasteiger partial charge is 0.274 e. The summed E-state index contributed by atoms with van der Waals surface area (Å²) in [5.74, 6) is -0.143. The molecule has 0 aliphatic carbocycles. The van der Waals surface area contributed by atoms with Gasteiger partial charge in [-0.25, -0.2) is 0 Å². The first kappa shape index (κ1) is 15.4. The standard InChI is InChI=1S/C19H21N3O/c1-19(2,17(20)13-8-4-3-5-9-13)12-21-16-14-10-6-7-11-15(14)22-18(16)23/h3-11,17H,12,20H2,1-2H3,(H,21,22,23). The maximum absolute atomic E-state index is 12.1. The summed E-state index contributed by atoms with van der Waals surface area (Å²) in [6, 6.07) is 17.5. The number of aliphatic imine (C=N–C) groups is 1. The van der Waals surface area contributed by atoms with E-state index in [1.54, 1.807) is 0 Å². The van der Waals surface area contributed by atoms with E-state index in [1.165, 1.54) is 0 Å². The summed E-state index contributed by atoms with van der Waals surface area (Å²) in [5, 5.41) is 2.84. The molecule has 0 saturated carbocycles. The summed E-state index contributed by atoms with van der Waals surface area (Å²) in [4.78, 5) is 16.7. The lowest BCUT2D eigenvalue weighted by Crippen LogP contribution is -2.32. The van der Waals surface area contributed by atoms with Crippen LogP contribution in [0, 0.1) is 5.41 Å². The van der Waals surface area contributed by atoms with Crippen molar-refractivity contribution in [1.82, 2.24) is 0 Å². The van der Waals surface area contributed by atoms with Crippen LogP contribution in [0.25, 0.3) is 0 Å². The second-order valence-corrected chi connectivity index (χ2v) is 6.54. The van der Waals surface area contributed by atoms with Crippen LogP contribution in [0.5, 0.6) is 0 Å². The first-order valence-corrected chi connectivity index (χ1v) is 7.75. The zero-order chi connectivity index (χ0) is 16.4. The zero-order valence-electron chi connectivity index (χ0n) is 13.4. The van der Waals surface area contributed by atoms with Crippen LogP contribution in [0.3, 0.4) is 0 Å². The highest BCUT2D eigenvalue weighted by Gasteiger charge is 2.30. The van der Waals surface area contributed by atoms with Gasteiger partial charge >= 0.3 is 0 Å². The lowest BCUT2D eigenvalue weighted by molar-refractivity contribution is -0.110. The fourth-order valence-electron chi connectivity index (χ4n) is 2.75. The van der Waals surface area contributed by atoms with Gasteiger partial charge in [0.2, 0.25) is 0 Å². The van der Waals surface area contributed by atoms with E-state index in [0.29, 0.717) is 12.3 Å². The number of carbonyl (C=O) groups excluding carboxylic acids is 1. The third kappa shape index (κ3) is 3.03. The second-order valence-electron chi connectivity index (χ2n) is 6.54. The van der Waals surface area contributed by atoms with Crippen molar-refractivity contribution in [3.63, 3.8) is 0 Å². The molecule has 0 fully saturated rings. The van der Waals surface area contributed by atoms with Crippen LogP contribution in [0.4, 0.5) is 5.69 Å². The Hall–Kier alpha value is -2.46. The van der Waals surface area contributed by atoms with Gasteiger partial charge in [0, 0.05) is 23.6 Å². The van der Waals surface area contributed by atoms with Crippen LogP contribution >= 0.6 is 0 Å².